The lowest BCUT2D eigenvalue weighted by Gasteiger charge is -2.13. The third kappa shape index (κ3) is 2.79. The third-order valence-corrected chi connectivity index (χ3v) is 1.79. The number of carbonyl (C=O) groups is 1. The molecule has 0 aliphatic heterocycles. The maximum atomic E-state index is 12.2. The highest BCUT2D eigenvalue weighted by molar-refractivity contribution is 5.93. The first-order valence-electron chi connectivity index (χ1n) is 4.32. The van der Waals surface area contributed by atoms with E-state index in [1.165, 1.54) is 6.07 Å². The van der Waals surface area contributed by atoms with Crippen molar-refractivity contribution in [2.75, 3.05) is 12.8 Å². The van der Waals surface area contributed by atoms with E-state index in [0.29, 0.717) is 0 Å². The average Bonchev–Trinajstić information content (AvgIpc) is 2.29. The normalized spacial score (nSPS) is 10.6. The van der Waals surface area contributed by atoms with Gasteiger partial charge in [-0.15, -0.1) is 13.2 Å². The topological polar surface area (TPSA) is 98.2 Å². The summed E-state index contributed by atoms with van der Waals surface area (Å²) in [5.74, 6) is -2.21. The Morgan fingerprint density at radius 1 is 1.56 bits per heavy atom. The zero-order valence-corrected chi connectivity index (χ0v) is 8.91. The molecule has 0 amide bonds. The van der Waals surface area contributed by atoms with Crippen molar-refractivity contribution in [3.63, 3.8) is 0 Å². The van der Waals surface area contributed by atoms with Crippen molar-refractivity contribution in [3.8, 4) is 11.8 Å². The molecule has 1 rings (SSSR count). The van der Waals surface area contributed by atoms with Crippen LogP contribution in [0.15, 0.2) is 6.20 Å². The monoisotopic (exact) mass is 261 g/mol. The molecule has 9 heteroatoms. The first kappa shape index (κ1) is 13.6. The Bertz CT molecular complexity index is 522. The lowest BCUT2D eigenvalue weighted by atomic mass is 10.2. The van der Waals surface area contributed by atoms with Crippen molar-refractivity contribution >= 4 is 11.7 Å². The number of aromatic nitrogens is 1. The fraction of sp³-hybridized carbons (Fsp3) is 0.222. The van der Waals surface area contributed by atoms with E-state index in [1.54, 1.807) is 0 Å². The molecule has 0 unspecified atom stereocenters. The number of anilines is 1. The first-order chi connectivity index (χ1) is 8.30. The summed E-state index contributed by atoms with van der Waals surface area (Å²) in [4.78, 5) is 14.6. The molecule has 1 aromatic heterocycles. The van der Waals surface area contributed by atoms with Gasteiger partial charge in [0.1, 0.15) is 6.07 Å². The number of ether oxygens (including phenoxy) is 2. The van der Waals surface area contributed by atoms with E-state index in [-0.39, 0.29) is 5.56 Å². The van der Waals surface area contributed by atoms with E-state index in [4.69, 9.17) is 11.0 Å². The summed E-state index contributed by atoms with van der Waals surface area (Å²) in [5, 5.41) is 8.60. The number of nitrogens with two attached hydrogens (primary N) is 1. The highest BCUT2D eigenvalue weighted by Gasteiger charge is 2.35. The summed E-state index contributed by atoms with van der Waals surface area (Å²) >= 11 is 0. The lowest BCUT2D eigenvalue weighted by Crippen LogP contribution is -2.21. The number of hydrogen-bond donors (Lipinski definition) is 1. The summed E-state index contributed by atoms with van der Waals surface area (Å²) < 4.78 is 44.3. The molecule has 0 saturated heterocycles. The zero-order valence-electron chi connectivity index (χ0n) is 8.91. The molecule has 0 spiro atoms. The van der Waals surface area contributed by atoms with Crippen molar-refractivity contribution in [1.82, 2.24) is 4.98 Å². The van der Waals surface area contributed by atoms with Crippen LogP contribution in [0.3, 0.4) is 0 Å². The van der Waals surface area contributed by atoms with Crippen LogP contribution in [0.4, 0.5) is 18.9 Å². The molecule has 0 aliphatic rings. The molecule has 6 nitrogen and oxygen atoms in total. The van der Waals surface area contributed by atoms with Crippen LogP contribution in [-0.4, -0.2) is 24.4 Å². The molecule has 0 radical (unpaired) electrons. The molecule has 0 aliphatic carbocycles. The number of carbonyl (C=O) groups excluding carboxylic acids is 1. The molecule has 0 aromatic carbocycles. The van der Waals surface area contributed by atoms with Gasteiger partial charge in [-0.2, -0.15) is 5.26 Å². The Morgan fingerprint density at radius 2 is 2.17 bits per heavy atom. The summed E-state index contributed by atoms with van der Waals surface area (Å²) in [6.07, 6.45) is -4.22. The number of halogens is 3. The zero-order chi connectivity index (χ0) is 13.9. The number of esters is 1. The summed E-state index contributed by atoms with van der Waals surface area (Å²) in [6.45, 7) is 0. The molecule has 96 valence electrons. The minimum absolute atomic E-state index is 0.345. The van der Waals surface area contributed by atoms with Gasteiger partial charge >= 0.3 is 12.3 Å². The van der Waals surface area contributed by atoms with Gasteiger partial charge in [-0.3, -0.25) is 0 Å². The summed E-state index contributed by atoms with van der Waals surface area (Å²) in [5.41, 5.74) is 3.56. The first-order valence-corrected chi connectivity index (χ1v) is 4.32. The highest BCUT2D eigenvalue weighted by Crippen LogP contribution is 2.33. The molecule has 18 heavy (non-hydrogen) atoms. The van der Waals surface area contributed by atoms with Gasteiger partial charge < -0.3 is 15.2 Å². The van der Waals surface area contributed by atoms with E-state index in [1.807, 2.05) is 0 Å². The van der Waals surface area contributed by atoms with Gasteiger partial charge in [-0.1, -0.05) is 0 Å². The van der Waals surface area contributed by atoms with E-state index in [0.717, 1.165) is 13.3 Å². The summed E-state index contributed by atoms with van der Waals surface area (Å²) in [6, 6.07) is 1.52. The number of pyridine rings is 1. The molecular formula is C9H6F3N3O3. The van der Waals surface area contributed by atoms with E-state index < -0.39 is 29.5 Å². The van der Waals surface area contributed by atoms with Gasteiger partial charge in [0.05, 0.1) is 18.4 Å². The molecular weight excluding hydrogens is 255 g/mol. The van der Waals surface area contributed by atoms with Crippen molar-refractivity contribution in [2.24, 2.45) is 0 Å². The van der Waals surface area contributed by atoms with Crippen LogP contribution in [0.2, 0.25) is 0 Å². The van der Waals surface area contributed by atoms with Crippen LogP contribution >= 0.6 is 0 Å². The van der Waals surface area contributed by atoms with Crippen LogP contribution in [0, 0.1) is 11.3 Å². The van der Waals surface area contributed by atoms with Gasteiger partial charge in [0, 0.05) is 6.20 Å². The van der Waals surface area contributed by atoms with Crippen molar-refractivity contribution in [2.45, 2.75) is 6.36 Å². The van der Waals surface area contributed by atoms with Gasteiger partial charge in [-0.05, 0) is 0 Å². The van der Waals surface area contributed by atoms with Gasteiger partial charge in [0.2, 0.25) is 0 Å². The van der Waals surface area contributed by atoms with E-state index >= 15 is 0 Å². The number of nitriles is 1. The van der Waals surface area contributed by atoms with Gasteiger partial charge in [0.25, 0.3) is 0 Å². The van der Waals surface area contributed by atoms with Crippen molar-refractivity contribution < 1.29 is 27.4 Å². The Morgan fingerprint density at radius 3 is 2.61 bits per heavy atom. The number of nitrogens with zero attached hydrogens (tertiary/aromatic N) is 2. The Hall–Kier alpha value is -2.50. The van der Waals surface area contributed by atoms with Crippen LogP contribution in [-0.2, 0) is 4.74 Å². The van der Waals surface area contributed by atoms with E-state index in [9.17, 15) is 18.0 Å². The standard InChI is InChI=1S/C9H6F3N3O3/c1-17-8(16)6-7(18-9(10,11)12)5(14)4(2-13)3-15-6/h3H,1H3,(H2,14,15). The Balaban J connectivity index is 3.41. The van der Waals surface area contributed by atoms with Gasteiger partial charge in [-0.25, -0.2) is 9.78 Å². The maximum absolute atomic E-state index is 12.2. The highest BCUT2D eigenvalue weighted by atomic mass is 19.4. The second kappa shape index (κ2) is 4.79. The molecule has 1 aromatic rings. The molecule has 1 heterocycles. The largest absolute Gasteiger partial charge is 0.573 e. The smallest absolute Gasteiger partial charge is 0.464 e. The number of nitrogen functional groups attached to an aromatic ring is 1. The maximum Gasteiger partial charge on any atom is 0.573 e. The molecule has 0 saturated carbocycles. The SMILES string of the molecule is COC(=O)c1ncc(C#N)c(N)c1OC(F)(F)F. The molecule has 0 atom stereocenters. The Kier molecular flexibility index (Phi) is 3.61. The predicted octanol–water partition coefficient (Wildman–Crippen LogP) is 1.22. The minimum atomic E-state index is -5.08. The fourth-order valence-electron chi connectivity index (χ4n) is 1.06. The number of alkyl halides is 3. The lowest BCUT2D eigenvalue weighted by molar-refractivity contribution is -0.274. The molecule has 0 bridgehead atoms. The van der Waals surface area contributed by atoms with Gasteiger partial charge in [0.15, 0.2) is 11.4 Å². The van der Waals surface area contributed by atoms with Crippen LogP contribution in [0.1, 0.15) is 16.1 Å². The van der Waals surface area contributed by atoms with Crippen LogP contribution < -0.4 is 10.5 Å². The van der Waals surface area contributed by atoms with Crippen LogP contribution in [0.5, 0.6) is 5.75 Å². The third-order valence-electron chi connectivity index (χ3n) is 1.79. The van der Waals surface area contributed by atoms with Crippen molar-refractivity contribution in [3.05, 3.63) is 17.5 Å². The molecule has 0 fully saturated rings. The number of hydrogen-bond acceptors (Lipinski definition) is 6. The summed E-state index contributed by atoms with van der Waals surface area (Å²) in [7, 11) is 0.954. The number of methoxy groups -OCH3 is 1. The second-order valence-corrected chi connectivity index (χ2v) is 2.91. The molecule has 2 N–H and O–H groups in total. The van der Waals surface area contributed by atoms with Crippen molar-refractivity contribution in [1.29, 1.82) is 5.26 Å². The van der Waals surface area contributed by atoms with Crippen LogP contribution in [0.25, 0.3) is 0 Å². The Labute approximate surface area is 98.7 Å². The minimum Gasteiger partial charge on any atom is -0.464 e. The second-order valence-electron chi connectivity index (χ2n) is 2.91. The predicted molar refractivity (Wildman–Crippen MR) is 51.4 cm³/mol. The van der Waals surface area contributed by atoms with E-state index in [2.05, 4.69) is 14.5 Å². The fourth-order valence-corrected chi connectivity index (χ4v) is 1.06. The quantitative estimate of drug-likeness (QED) is 0.803. The average molecular weight is 261 g/mol. The number of rotatable bonds is 2.